The second-order valence-electron chi connectivity index (χ2n) is 6.00. The lowest BCUT2D eigenvalue weighted by atomic mass is 9.80. The second kappa shape index (κ2) is 5.35. The van der Waals surface area contributed by atoms with Gasteiger partial charge < -0.3 is 10.0 Å². The highest BCUT2D eigenvalue weighted by atomic mass is 32.2. The number of amides is 1. The number of aliphatic carboxylic acids is 1. The Balaban J connectivity index is 2.25. The Labute approximate surface area is 119 Å². The molecule has 1 amide bonds. The molecule has 0 aromatic heterocycles. The van der Waals surface area contributed by atoms with Crippen LogP contribution in [-0.4, -0.2) is 53.9 Å². The topological polar surface area (TPSA) is 91.8 Å². The van der Waals surface area contributed by atoms with Crippen molar-refractivity contribution in [1.29, 1.82) is 0 Å². The molecule has 20 heavy (non-hydrogen) atoms. The van der Waals surface area contributed by atoms with Crippen molar-refractivity contribution in [3.05, 3.63) is 0 Å². The fourth-order valence-electron chi connectivity index (χ4n) is 3.59. The third-order valence-electron chi connectivity index (χ3n) is 4.47. The number of rotatable bonds is 2. The van der Waals surface area contributed by atoms with E-state index in [0.717, 1.165) is 0 Å². The van der Waals surface area contributed by atoms with Crippen molar-refractivity contribution in [1.82, 2.24) is 4.90 Å². The van der Waals surface area contributed by atoms with E-state index in [-0.39, 0.29) is 35.8 Å². The summed E-state index contributed by atoms with van der Waals surface area (Å²) in [6.07, 6.45) is 1.35. The van der Waals surface area contributed by atoms with Crippen LogP contribution in [0.2, 0.25) is 0 Å². The van der Waals surface area contributed by atoms with E-state index in [2.05, 4.69) is 0 Å². The van der Waals surface area contributed by atoms with Gasteiger partial charge in [-0.25, -0.2) is 8.42 Å². The summed E-state index contributed by atoms with van der Waals surface area (Å²) in [7, 11) is -3.12. The SMILES string of the molecule is CC1CC(=O)N(C2CCCS(=O)(=O)C2)C(C)C1C(=O)O. The van der Waals surface area contributed by atoms with Crippen molar-refractivity contribution < 1.29 is 23.1 Å². The highest BCUT2D eigenvalue weighted by molar-refractivity contribution is 7.91. The van der Waals surface area contributed by atoms with Crippen LogP contribution in [0.5, 0.6) is 0 Å². The minimum atomic E-state index is -3.12. The van der Waals surface area contributed by atoms with Gasteiger partial charge in [-0.05, 0) is 25.7 Å². The molecular formula is C13H21NO5S. The molecule has 2 fully saturated rings. The van der Waals surface area contributed by atoms with E-state index < -0.39 is 27.8 Å². The van der Waals surface area contributed by atoms with Gasteiger partial charge in [-0.15, -0.1) is 0 Å². The Kier molecular flexibility index (Phi) is 4.09. The summed E-state index contributed by atoms with van der Waals surface area (Å²) in [6, 6.07) is -0.826. The second-order valence-corrected chi connectivity index (χ2v) is 8.23. The molecule has 0 radical (unpaired) electrons. The van der Waals surface area contributed by atoms with Gasteiger partial charge in [0.2, 0.25) is 5.91 Å². The third kappa shape index (κ3) is 2.82. The largest absolute Gasteiger partial charge is 0.481 e. The van der Waals surface area contributed by atoms with E-state index in [4.69, 9.17) is 0 Å². The van der Waals surface area contributed by atoms with Gasteiger partial charge in [-0.2, -0.15) is 0 Å². The standard InChI is InChI=1S/C13H21NO5S/c1-8-6-11(15)14(9(2)12(8)13(16)17)10-4-3-5-20(18,19)7-10/h8-10,12H,3-7H2,1-2H3,(H,16,17). The molecule has 114 valence electrons. The number of carbonyl (C=O) groups is 2. The molecule has 0 saturated carbocycles. The number of carbonyl (C=O) groups excluding carboxylic acids is 1. The number of carboxylic acids is 1. The number of sulfone groups is 1. The lowest BCUT2D eigenvalue weighted by Gasteiger charge is -2.45. The molecule has 0 aliphatic carbocycles. The molecule has 2 heterocycles. The van der Waals surface area contributed by atoms with E-state index in [1.54, 1.807) is 13.8 Å². The van der Waals surface area contributed by atoms with Gasteiger partial charge >= 0.3 is 5.97 Å². The van der Waals surface area contributed by atoms with Crippen LogP contribution in [0.15, 0.2) is 0 Å². The summed E-state index contributed by atoms with van der Waals surface area (Å²) in [6.45, 7) is 3.48. The van der Waals surface area contributed by atoms with E-state index in [1.165, 1.54) is 4.90 Å². The maximum atomic E-state index is 12.2. The summed E-state index contributed by atoms with van der Waals surface area (Å²) in [4.78, 5) is 25.1. The summed E-state index contributed by atoms with van der Waals surface area (Å²) in [5.74, 6) is -1.75. The van der Waals surface area contributed by atoms with Crippen LogP contribution in [0.3, 0.4) is 0 Å². The molecule has 0 aromatic carbocycles. The van der Waals surface area contributed by atoms with Crippen LogP contribution in [0.1, 0.15) is 33.1 Å². The van der Waals surface area contributed by atoms with Crippen molar-refractivity contribution in [2.75, 3.05) is 11.5 Å². The van der Waals surface area contributed by atoms with Crippen LogP contribution in [-0.2, 0) is 19.4 Å². The summed E-state index contributed by atoms with van der Waals surface area (Å²) >= 11 is 0. The molecule has 2 saturated heterocycles. The van der Waals surface area contributed by atoms with Crippen molar-refractivity contribution in [3.63, 3.8) is 0 Å². The van der Waals surface area contributed by atoms with Crippen LogP contribution < -0.4 is 0 Å². The lowest BCUT2D eigenvalue weighted by Crippen LogP contribution is -2.58. The monoisotopic (exact) mass is 303 g/mol. The molecule has 0 bridgehead atoms. The molecule has 4 atom stereocenters. The number of piperidine rings is 1. The number of hydrogen-bond donors (Lipinski definition) is 1. The molecule has 6 nitrogen and oxygen atoms in total. The predicted octanol–water partition coefficient (Wildman–Crippen LogP) is 0.521. The maximum absolute atomic E-state index is 12.2. The van der Waals surface area contributed by atoms with Crippen LogP contribution in [0.25, 0.3) is 0 Å². The lowest BCUT2D eigenvalue weighted by molar-refractivity contribution is -0.156. The summed E-state index contributed by atoms with van der Waals surface area (Å²) in [5.41, 5.74) is 0. The zero-order valence-electron chi connectivity index (χ0n) is 11.8. The molecule has 0 aromatic rings. The molecular weight excluding hydrogens is 282 g/mol. The van der Waals surface area contributed by atoms with Crippen molar-refractivity contribution >= 4 is 21.7 Å². The molecule has 2 rings (SSSR count). The van der Waals surface area contributed by atoms with Gasteiger partial charge in [-0.1, -0.05) is 6.92 Å². The molecule has 0 spiro atoms. The Bertz CT molecular complexity index is 515. The Morgan fingerprint density at radius 1 is 1.35 bits per heavy atom. The highest BCUT2D eigenvalue weighted by Gasteiger charge is 2.45. The third-order valence-corrected chi connectivity index (χ3v) is 6.28. The van der Waals surface area contributed by atoms with Crippen LogP contribution >= 0.6 is 0 Å². The van der Waals surface area contributed by atoms with Gasteiger partial charge in [0.15, 0.2) is 9.84 Å². The van der Waals surface area contributed by atoms with Crippen LogP contribution in [0.4, 0.5) is 0 Å². The summed E-state index contributed by atoms with van der Waals surface area (Å²) in [5, 5.41) is 9.33. The van der Waals surface area contributed by atoms with E-state index in [0.29, 0.717) is 12.8 Å². The fourth-order valence-corrected chi connectivity index (χ4v) is 5.27. The Morgan fingerprint density at radius 3 is 2.55 bits per heavy atom. The van der Waals surface area contributed by atoms with Gasteiger partial charge in [-0.3, -0.25) is 9.59 Å². The zero-order chi connectivity index (χ0) is 15.1. The van der Waals surface area contributed by atoms with E-state index in [9.17, 15) is 23.1 Å². The fraction of sp³-hybridized carbons (Fsp3) is 0.846. The van der Waals surface area contributed by atoms with Crippen LogP contribution in [0, 0.1) is 11.8 Å². The molecule has 1 N–H and O–H groups in total. The molecule has 7 heteroatoms. The van der Waals surface area contributed by atoms with Crippen molar-refractivity contribution in [3.8, 4) is 0 Å². The Hall–Kier alpha value is -1.11. The minimum absolute atomic E-state index is 0.0379. The predicted molar refractivity (Wildman–Crippen MR) is 72.9 cm³/mol. The minimum Gasteiger partial charge on any atom is -0.481 e. The number of likely N-dealkylation sites (tertiary alicyclic amines) is 1. The van der Waals surface area contributed by atoms with Crippen molar-refractivity contribution in [2.24, 2.45) is 11.8 Å². The zero-order valence-corrected chi connectivity index (χ0v) is 12.6. The molecule has 4 unspecified atom stereocenters. The molecule has 2 aliphatic heterocycles. The first-order valence-corrected chi connectivity index (χ1v) is 8.79. The van der Waals surface area contributed by atoms with Gasteiger partial charge in [0.25, 0.3) is 0 Å². The normalized spacial score (nSPS) is 37.7. The number of carboxylic acid groups (broad SMARTS) is 1. The first-order valence-electron chi connectivity index (χ1n) is 6.97. The smallest absolute Gasteiger partial charge is 0.308 e. The van der Waals surface area contributed by atoms with E-state index in [1.807, 2.05) is 0 Å². The first-order chi connectivity index (χ1) is 9.23. The maximum Gasteiger partial charge on any atom is 0.308 e. The molecule has 2 aliphatic rings. The van der Waals surface area contributed by atoms with Crippen molar-refractivity contribution in [2.45, 2.75) is 45.2 Å². The van der Waals surface area contributed by atoms with Gasteiger partial charge in [0, 0.05) is 18.5 Å². The quantitative estimate of drug-likeness (QED) is 0.803. The average Bonchev–Trinajstić information content (AvgIpc) is 2.25. The Morgan fingerprint density at radius 2 is 2.00 bits per heavy atom. The highest BCUT2D eigenvalue weighted by Crippen LogP contribution is 2.33. The number of hydrogen-bond acceptors (Lipinski definition) is 4. The van der Waals surface area contributed by atoms with Gasteiger partial charge in [0.05, 0.1) is 17.4 Å². The van der Waals surface area contributed by atoms with Gasteiger partial charge in [0.1, 0.15) is 0 Å². The number of nitrogens with zero attached hydrogens (tertiary/aromatic N) is 1. The summed E-state index contributed by atoms with van der Waals surface area (Å²) < 4.78 is 23.5. The first kappa shape index (κ1) is 15.3. The average molecular weight is 303 g/mol. The van der Waals surface area contributed by atoms with E-state index >= 15 is 0 Å².